The van der Waals surface area contributed by atoms with Crippen LogP contribution in [-0.4, -0.2) is 58.5 Å². The van der Waals surface area contributed by atoms with E-state index in [0.29, 0.717) is 38.1 Å². The number of morpholine rings is 1. The Bertz CT molecular complexity index is 927. The number of amides is 1. The van der Waals surface area contributed by atoms with E-state index in [1.807, 2.05) is 32.0 Å². The van der Waals surface area contributed by atoms with Crippen LogP contribution in [0.15, 0.2) is 29.1 Å². The van der Waals surface area contributed by atoms with Gasteiger partial charge in [0.15, 0.2) is 0 Å². The van der Waals surface area contributed by atoms with E-state index in [2.05, 4.69) is 16.1 Å². The number of aromatic nitrogens is 2. The van der Waals surface area contributed by atoms with Crippen molar-refractivity contribution in [2.24, 2.45) is 0 Å². The summed E-state index contributed by atoms with van der Waals surface area (Å²) in [5, 5.41) is 2.90. The first-order valence-corrected chi connectivity index (χ1v) is 9.86. The minimum atomic E-state index is -0.756. The van der Waals surface area contributed by atoms with Crippen molar-refractivity contribution in [3.63, 3.8) is 0 Å². The molecular weight excluding hydrogens is 356 g/mol. The fraction of sp³-hybridized carbons (Fsp3) is 0.524. The molecule has 150 valence electrons. The number of ether oxygens (including phenoxy) is 1. The zero-order chi connectivity index (χ0) is 20.1. The van der Waals surface area contributed by atoms with Gasteiger partial charge in [-0.2, -0.15) is 0 Å². The average Bonchev–Trinajstić information content (AvgIpc) is 3.02. The van der Waals surface area contributed by atoms with Crippen LogP contribution in [0, 0.1) is 12.3 Å². The highest BCUT2D eigenvalue weighted by molar-refractivity contribution is 5.90. The van der Waals surface area contributed by atoms with E-state index in [4.69, 9.17) is 11.2 Å². The Balaban J connectivity index is 1.93. The van der Waals surface area contributed by atoms with Gasteiger partial charge in [-0.15, -0.1) is 6.42 Å². The lowest BCUT2D eigenvalue weighted by atomic mass is 9.94. The maximum atomic E-state index is 13.1. The standard InChI is InChI=1S/C21H28N4O3/c1-4-21(5-2,6-3)22-19(26)25-18-10-8-7-9-17(18)24(20(25)27)12-11-23-13-15-28-16-14-23/h1,7-10H,5-6,11-16H2,2-3H3,(H,22,26). The number of para-hydroxylation sites is 2. The van der Waals surface area contributed by atoms with Crippen LogP contribution in [-0.2, 0) is 11.3 Å². The molecule has 1 amide bonds. The monoisotopic (exact) mass is 384 g/mol. The molecule has 1 aliphatic rings. The van der Waals surface area contributed by atoms with Gasteiger partial charge in [-0.1, -0.05) is 31.9 Å². The SMILES string of the molecule is C#CC(CC)(CC)NC(=O)n1c(=O)n(CCN2CCOCC2)c2ccccc21. The second-order valence-electron chi connectivity index (χ2n) is 7.08. The maximum absolute atomic E-state index is 13.1. The lowest BCUT2D eigenvalue weighted by molar-refractivity contribution is 0.0364. The van der Waals surface area contributed by atoms with E-state index >= 15 is 0 Å². The number of carbonyl (C=O) groups is 1. The molecule has 0 atom stereocenters. The van der Waals surface area contributed by atoms with Crippen LogP contribution in [0.3, 0.4) is 0 Å². The Kier molecular flexibility index (Phi) is 6.22. The van der Waals surface area contributed by atoms with Crippen LogP contribution < -0.4 is 11.0 Å². The Morgan fingerprint density at radius 2 is 1.82 bits per heavy atom. The fourth-order valence-corrected chi connectivity index (χ4v) is 3.61. The molecule has 2 heterocycles. The summed E-state index contributed by atoms with van der Waals surface area (Å²) in [4.78, 5) is 28.4. The third kappa shape index (κ3) is 3.84. The normalized spacial score (nSPS) is 15.5. The number of hydrogen-bond acceptors (Lipinski definition) is 4. The first-order chi connectivity index (χ1) is 13.5. The summed E-state index contributed by atoms with van der Waals surface area (Å²) in [6.07, 6.45) is 6.86. The molecule has 7 heteroatoms. The van der Waals surface area contributed by atoms with Crippen molar-refractivity contribution in [2.45, 2.75) is 38.8 Å². The molecule has 0 spiro atoms. The summed E-state index contributed by atoms with van der Waals surface area (Å²) in [5.41, 5.74) is 0.235. The predicted molar refractivity (Wildman–Crippen MR) is 110 cm³/mol. The van der Waals surface area contributed by atoms with E-state index in [-0.39, 0.29) is 5.69 Å². The molecule has 0 bridgehead atoms. The van der Waals surface area contributed by atoms with Crippen molar-refractivity contribution in [1.82, 2.24) is 19.4 Å². The van der Waals surface area contributed by atoms with Gasteiger partial charge in [-0.05, 0) is 25.0 Å². The van der Waals surface area contributed by atoms with Gasteiger partial charge in [0.1, 0.15) is 5.54 Å². The Morgan fingerprint density at radius 3 is 2.43 bits per heavy atom. The first kappa shape index (κ1) is 20.2. The summed E-state index contributed by atoms with van der Waals surface area (Å²) >= 11 is 0. The van der Waals surface area contributed by atoms with Crippen LogP contribution in [0.5, 0.6) is 0 Å². The van der Waals surface area contributed by atoms with Gasteiger partial charge in [0, 0.05) is 26.2 Å². The molecule has 1 N–H and O–H groups in total. The van der Waals surface area contributed by atoms with E-state index in [9.17, 15) is 9.59 Å². The number of fused-ring (bicyclic) bond motifs is 1. The Labute approximate surface area is 165 Å². The summed E-state index contributed by atoms with van der Waals surface area (Å²) < 4.78 is 8.24. The summed E-state index contributed by atoms with van der Waals surface area (Å²) in [6, 6.07) is 6.88. The lowest BCUT2D eigenvalue weighted by Crippen LogP contribution is -2.50. The van der Waals surface area contributed by atoms with Gasteiger partial charge in [0.05, 0.1) is 24.2 Å². The van der Waals surface area contributed by atoms with Crippen molar-refractivity contribution in [3.8, 4) is 12.3 Å². The molecule has 1 saturated heterocycles. The van der Waals surface area contributed by atoms with Crippen molar-refractivity contribution in [2.75, 3.05) is 32.8 Å². The molecule has 0 saturated carbocycles. The zero-order valence-electron chi connectivity index (χ0n) is 16.6. The third-order valence-corrected chi connectivity index (χ3v) is 5.61. The van der Waals surface area contributed by atoms with Crippen LogP contribution >= 0.6 is 0 Å². The number of hydrogen-bond donors (Lipinski definition) is 1. The molecular formula is C21H28N4O3. The minimum absolute atomic E-state index is 0.343. The largest absolute Gasteiger partial charge is 0.379 e. The van der Waals surface area contributed by atoms with Gasteiger partial charge in [-0.25, -0.2) is 14.2 Å². The van der Waals surface area contributed by atoms with E-state index in [0.717, 1.165) is 25.2 Å². The molecule has 7 nitrogen and oxygen atoms in total. The summed E-state index contributed by atoms with van der Waals surface area (Å²) in [7, 11) is 0. The number of imidazole rings is 1. The summed E-state index contributed by atoms with van der Waals surface area (Å²) in [6.45, 7) is 8.23. The van der Waals surface area contributed by atoms with Crippen molar-refractivity contribution in [1.29, 1.82) is 0 Å². The molecule has 1 fully saturated rings. The van der Waals surface area contributed by atoms with Gasteiger partial charge in [0.25, 0.3) is 0 Å². The third-order valence-electron chi connectivity index (χ3n) is 5.61. The maximum Gasteiger partial charge on any atom is 0.337 e. The van der Waals surface area contributed by atoms with Gasteiger partial charge < -0.3 is 10.1 Å². The van der Waals surface area contributed by atoms with Gasteiger partial charge in [-0.3, -0.25) is 9.47 Å². The molecule has 0 aliphatic carbocycles. The molecule has 0 radical (unpaired) electrons. The van der Waals surface area contributed by atoms with Crippen molar-refractivity contribution < 1.29 is 9.53 Å². The molecule has 28 heavy (non-hydrogen) atoms. The Morgan fingerprint density at radius 1 is 1.18 bits per heavy atom. The number of nitrogens with one attached hydrogen (secondary N) is 1. The van der Waals surface area contributed by atoms with E-state index < -0.39 is 11.6 Å². The lowest BCUT2D eigenvalue weighted by Gasteiger charge is -2.27. The summed E-state index contributed by atoms with van der Waals surface area (Å²) in [5.74, 6) is 2.69. The number of benzene rings is 1. The fourth-order valence-electron chi connectivity index (χ4n) is 3.61. The van der Waals surface area contributed by atoms with Crippen LogP contribution in [0.2, 0.25) is 0 Å². The van der Waals surface area contributed by atoms with Crippen LogP contribution in [0.25, 0.3) is 11.0 Å². The molecule has 1 aromatic heterocycles. The van der Waals surface area contributed by atoms with E-state index in [1.54, 1.807) is 10.6 Å². The molecule has 0 unspecified atom stereocenters. The van der Waals surface area contributed by atoms with Crippen molar-refractivity contribution in [3.05, 3.63) is 34.7 Å². The second kappa shape index (κ2) is 8.63. The highest BCUT2D eigenvalue weighted by atomic mass is 16.5. The minimum Gasteiger partial charge on any atom is -0.379 e. The predicted octanol–water partition coefficient (Wildman–Crippen LogP) is 1.88. The zero-order valence-corrected chi connectivity index (χ0v) is 16.6. The van der Waals surface area contributed by atoms with Crippen molar-refractivity contribution >= 4 is 17.1 Å². The van der Waals surface area contributed by atoms with Crippen LogP contribution in [0.1, 0.15) is 26.7 Å². The number of rotatable bonds is 6. The smallest absolute Gasteiger partial charge is 0.337 e. The molecule has 1 aliphatic heterocycles. The molecule has 3 rings (SSSR count). The van der Waals surface area contributed by atoms with Gasteiger partial charge >= 0.3 is 11.7 Å². The molecule has 1 aromatic carbocycles. The first-order valence-electron chi connectivity index (χ1n) is 9.86. The second-order valence-corrected chi connectivity index (χ2v) is 7.08. The van der Waals surface area contributed by atoms with E-state index in [1.165, 1.54) is 4.57 Å². The number of carbonyl (C=O) groups excluding carboxylic acids is 1. The Hall–Kier alpha value is -2.56. The number of nitrogens with zero attached hydrogens (tertiary/aromatic N) is 3. The highest BCUT2D eigenvalue weighted by Crippen LogP contribution is 2.16. The average molecular weight is 384 g/mol. The number of terminal acetylenes is 1. The molecule has 2 aromatic rings. The van der Waals surface area contributed by atoms with Crippen LogP contribution in [0.4, 0.5) is 4.79 Å². The quantitative estimate of drug-likeness (QED) is 0.773. The highest BCUT2D eigenvalue weighted by Gasteiger charge is 2.28. The topological polar surface area (TPSA) is 68.5 Å². The van der Waals surface area contributed by atoms with Gasteiger partial charge in [0.2, 0.25) is 0 Å².